The van der Waals surface area contributed by atoms with E-state index >= 15 is 0 Å². The first-order chi connectivity index (χ1) is 13.7. The molecule has 2 aromatic rings. The summed E-state index contributed by atoms with van der Waals surface area (Å²) in [6, 6.07) is 4.78. The number of carbonyl (C=O) groups excluding carboxylic acids is 1. The number of amides is 1. The number of hydrogen-bond donors (Lipinski definition) is 1. The minimum atomic E-state index is -4.45. The van der Waals surface area contributed by atoms with Crippen LogP contribution >= 0.6 is 0 Å². The van der Waals surface area contributed by atoms with E-state index in [0.29, 0.717) is 48.4 Å². The Bertz CT molecular complexity index is 1030. The summed E-state index contributed by atoms with van der Waals surface area (Å²) in [7, 11) is 0. The Morgan fingerprint density at radius 1 is 1.31 bits per heavy atom. The SMILES string of the molecule is Cc1cc(C(=O)NC2(C#N)CC2)nnc1N1CCc2ncc(C(F)(F)F)cc2C1. The molecule has 0 radical (unpaired) electrons. The Hall–Kier alpha value is -3.22. The molecule has 0 bridgehead atoms. The number of nitrogens with zero attached hydrogens (tertiary/aromatic N) is 5. The maximum atomic E-state index is 13.0. The molecule has 2 aromatic heterocycles. The fourth-order valence-electron chi connectivity index (χ4n) is 3.34. The third-order valence-corrected chi connectivity index (χ3v) is 5.17. The van der Waals surface area contributed by atoms with Gasteiger partial charge in [0.05, 0.1) is 11.6 Å². The summed E-state index contributed by atoms with van der Waals surface area (Å²) in [4.78, 5) is 18.1. The van der Waals surface area contributed by atoms with Gasteiger partial charge in [-0.1, -0.05) is 0 Å². The van der Waals surface area contributed by atoms with Gasteiger partial charge in [0.1, 0.15) is 5.54 Å². The van der Waals surface area contributed by atoms with Gasteiger partial charge in [0.25, 0.3) is 5.91 Å². The molecule has 2 aliphatic rings. The normalized spacial score (nSPS) is 17.3. The summed E-state index contributed by atoms with van der Waals surface area (Å²) < 4.78 is 38.9. The molecule has 10 heteroatoms. The minimum Gasteiger partial charge on any atom is -0.350 e. The van der Waals surface area contributed by atoms with Crippen molar-refractivity contribution in [2.24, 2.45) is 0 Å². The fraction of sp³-hybridized carbons (Fsp3) is 0.421. The monoisotopic (exact) mass is 402 g/mol. The zero-order valence-electron chi connectivity index (χ0n) is 15.5. The van der Waals surface area contributed by atoms with E-state index in [2.05, 4.69) is 26.6 Å². The highest BCUT2D eigenvalue weighted by Gasteiger charge is 2.45. The Kier molecular flexibility index (Phi) is 4.41. The van der Waals surface area contributed by atoms with Crippen molar-refractivity contribution in [1.29, 1.82) is 5.26 Å². The van der Waals surface area contributed by atoms with Crippen LogP contribution in [0, 0.1) is 18.3 Å². The molecular formula is C19H17F3N6O. The molecule has 0 unspecified atom stereocenters. The number of nitriles is 1. The molecule has 0 atom stereocenters. The van der Waals surface area contributed by atoms with Crippen LogP contribution in [0.1, 0.15) is 45.7 Å². The van der Waals surface area contributed by atoms with Crippen molar-refractivity contribution in [3.05, 3.63) is 46.4 Å². The van der Waals surface area contributed by atoms with Gasteiger partial charge in [0, 0.05) is 31.4 Å². The fourth-order valence-corrected chi connectivity index (χ4v) is 3.34. The molecule has 1 saturated carbocycles. The smallest absolute Gasteiger partial charge is 0.350 e. The Balaban J connectivity index is 1.54. The third-order valence-electron chi connectivity index (χ3n) is 5.17. The number of carbonyl (C=O) groups is 1. The lowest BCUT2D eigenvalue weighted by Crippen LogP contribution is -2.36. The van der Waals surface area contributed by atoms with Crippen molar-refractivity contribution < 1.29 is 18.0 Å². The first-order valence-corrected chi connectivity index (χ1v) is 9.09. The number of aromatic nitrogens is 3. The molecule has 1 fully saturated rings. The molecule has 1 amide bonds. The Morgan fingerprint density at radius 2 is 2.07 bits per heavy atom. The topological polar surface area (TPSA) is 94.8 Å². The summed E-state index contributed by atoms with van der Waals surface area (Å²) in [5.41, 5.74) is 0.340. The van der Waals surface area contributed by atoms with Gasteiger partial charge in [-0.05, 0) is 43.0 Å². The second-order valence-corrected chi connectivity index (χ2v) is 7.38. The highest BCUT2D eigenvalue weighted by Crippen LogP contribution is 2.35. The van der Waals surface area contributed by atoms with E-state index in [0.717, 1.165) is 12.3 Å². The molecule has 3 heterocycles. The highest BCUT2D eigenvalue weighted by molar-refractivity contribution is 5.93. The number of fused-ring (bicyclic) bond motifs is 1. The van der Waals surface area contributed by atoms with Crippen LogP contribution in [0.5, 0.6) is 0 Å². The van der Waals surface area contributed by atoms with Crippen molar-refractivity contribution in [3.8, 4) is 6.07 Å². The predicted molar refractivity (Wildman–Crippen MR) is 95.8 cm³/mol. The van der Waals surface area contributed by atoms with Gasteiger partial charge in [-0.25, -0.2) is 0 Å². The number of alkyl halides is 3. The Morgan fingerprint density at radius 3 is 2.69 bits per heavy atom. The van der Waals surface area contributed by atoms with Crippen molar-refractivity contribution in [2.75, 3.05) is 11.4 Å². The lowest BCUT2D eigenvalue weighted by Gasteiger charge is -2.30. The number of aryl methyl sites for hydroxylation is 1. The van der Waals surface area contributed by atoms with Crippen molar-refractivity contribution in [3.63, 3.8) is 0 Å². The van der Waals surface area contributed by atoms with Gasteiger partial charge in [-0.15, -0.1) is 10.2 Å². The lowest BCUT2D eigenvalue weighted by molar-refractivity contribution is -0.137. The molecular weight excluding hydrogens is 385 g/mol. The third kappa shape index (κ3) is 3.72. The molecule has 0 spiro atoms. The molecule has 1 aliphatic carbocycles. The number of pyridine rings is 1. The Labute approximate surface area is 164 Å². The number of hydrogen-bond acceptors (Lipinski definition) is 6. The van der Waals surface area contributed by atoms with E-state index < -0.39 is 23.2 Å². The van der Waals surface area contributed by atoms with E-state index in [-0.39, 0.29) is 12.2 Å². The van der Waals surface area contributed by atoms with E-state index in [1.165, 1.54) is 0 Å². The van der Waals surface area contributed by atoms with Gasteiger partial charge in [-0.2, -0.15) is 18.4 Å². The van der Waals surface area contributed by atoms with Crippen LogP contribution in [-0.2, 0) is 19.1 Å². The van der Waals surface area contributed by atoms with Crippen LogP contribution < -0.4 is 10.2 Å². The molecule has 1 aliphatic heterocycles. The largest absolute Gasteiger partial charge is 0.417 e. The van der Waals surface area contributed by atoms with Crippen LogP contribution in [0.4, 0.5) is 19.0 Å². The minimum absolute atomic E-state index is 0.103. The van der Waals surface area contributed by atoms with Gasteiger partial charge < -0.3 is 10.2 Å². The van der Waals surface area contributed by atoms with Crippen LogP contribution in [-0.4, -0.2) is 33.2 Å². The zero-order chi connectivity index (χ0) is 20.8. The quantitative estimate of drug-likeness (QED) is 0.848. The van der Waals surface area contributed by atoms with E-state index in [1.54, 1.807) is 13.0 Å². The van der Waals surface area contributed by atoms with Crippen LogP contribution in [0.15, 0.2) is 18.3 Å². The van der Waals surface area contributed by atoms with Crippen molar-refractivity contribution in [2.45, 2.75) is 44.4 Å². The van der Waals surface area contributed by atoms with Crippen LogP contribution in [0.25, 0.3) is 0 Å². The zero-order valence-corrected chi connectivity index (χ0v) is 15.5. The van der Waals surface area contributed by atoms with Crippen molar-refractivity contribution >= 4 is 11.7 Å². The van der Waals surface area contributed by atoms with E-state index in [9.17, 15) is 18.0 Å². The average molecular weight is 402 g/mol. The molecule has 150 valence electrons. The van der Waals surface area contributed by atoms with Gasteiger partial charge in [0.15, 0.2) is 11.5 Å². The first-order valence-electron chi connectivity index (χ1n) is 9.09. The molecule has 1 N–H and O–H groups in total. The van der Waals surface area contributed by atoms with E-state index in [4.69, 9.17) is 5.26 Å². The number of anilines is 1. The van der Waals surface area contributed by atoms with Gasteiger partial charge in [0.2, 0.25) is 0 Å². The molecule has 7 nitrogen and oxygen atoms in total. The highest BCUT2D eigenvalue weighted by atomic mass is 19.4. The summed E-state index contributed by atoms with van der Waals surface area (Å²) in [6.07, 6.45) is -1.87. The van der Waals surface area contributed by atoms with Crippen LogP contribution in [0.2, 0.25) is 0 Å². The summed E-state index contributed by atoms with van der Waals surface area (Å²) in [6.45, 7) is 2.52. The maximum Gasteiger partial charge on any atom is 0.417 e. The average Bonchev–Trinajstić information content (AvgIpc) is 3.46. The summed E-state index contributed by atoms with van der Waals surface area (Å²) in [5.74, 6) is 0.0419. The predicted octanol–water partition coefficient (Wildman–Crippen LogP) is 2.55. The second-order valence-electron chi connectivity index (χ2n) is 7.38. The molecule has 0 aromatic carbocycles. The number of rotatable bonds is 3. The summed E-state index contributed by atoms with van der Waals surface area (Å²) >= 11 is 0. The standard InChI is InChI=1S/C19H17F3N6O/c1-11-6-15(17(29)25-18(10-23)3-4-18)26-27-16(11)28-5-2-14-12(9-28)7-13(8-24-14)19(20,21)22/h6-8H,2-5,9H2,1H3,(H,25,29). The molecule has 0 saturated heterocycles. The summed E-state index contributed by atoms with van der Waals surface area (Å²) in [5, 5.41) is 19.8. The van der Waals surface area contributed by atoms with Gasteiger partial charge in [-0.3, -0.25) is 9.78 Å². The lowest BCUT2D eigenvalue weighted by atomic mass is 10.0. The number of nitrogens with one attached hydrogen (secondary N) is 1. The molecule has 4 rings (SSSR count). The second kappa shape index (κ2) is 6.69. The first kappa shape index (κ1) is 19.1. The number of halogens is 3. The van der Waals surface area contributed by atoms with Crippen molar-refractivity contribution in [1.82, 2.24) is 20.5 Å². The maximum absolute atomic E-state index is 13.0. The van der Waals surface area contributed by atoms with Crippen LogP contribution in [0.3, 0.4) is 0 Å². The van der Waals surface area contributed by atoms with Gasteiger partial charge >= 0.3 is 6.18 Å². The van der Waals surface area contributed by atoms with E-state index in [1.807, 2.05) is 4.90 Å². The molecule has 29 heavy (non-hydrogen) atoms.